The summed E-state index contributed by atoms with van der Waals surface area (Å²) >= 11 is 0. The van der Waals surface area contributed by atoms with Crippen LogP contribution in [0.5, 0.6) is 11.5 Å². The molecule has 0 spiro atoms. The number of carbonyl (C=O) groups is 2. The summed E-state index contributed by atoms with van der Waals surface area (Å²) in [6.07, 6.45) is 0.509. The fourth-order valence-corrected chi connectivity index (χ4v) is 3.35. The van der Waals surface area contributed by atoms with E-state index in [1.54, 1.807) is 12.0 Å². The summed E-state index contributed by atoms with van der Waals surface area (Å²) in [4.78, 5) is 27.8. The second kappa shape index (κ2) is 12.1. The van der Waals surface area contributed by atoms with Gasteiger partial charge in [-0.1, -0.05) is 45.0 Å². The van der Waals surface area contributed by atoms with Crippen molar-refractivity contribution in [3.8, 4) is 11.5 Å². The number of rotatable bonds is 11. The molecule has 0 heterocycles. The maximum atomic E-state index is 13.3. The summed E-state index contributed by atoms with van der Waals surface area (Å²) in [6.45, 7) is 10.7. The van der Waals surface area contributed by atoms with Crippen LogP contribution in [0, 0.1) is 19.8 Å². The highest BCUT2D eigenvalue weighted by molar-refractivity contribution is 5.88. The van der Waals surface area contributed by atoms with Gasteiger partial charge in [0.25, 0.3) is 5.91 Å². The number of hydrogen-bond acceptors (Lipinski definition) is 4. The summed E-state index contributed by atoms with van der Waals surface area (Å²) in [6, 6.07) is 12.8. The Morgan fingerprint density at radius 3 is 2.34 bits per heavy atom. The number of hydrogen-bond donors (Lipinski definition) is 1. The molecule has 6 heteroatoms. The lowest BCUT2D eigenvalue weighted by atomic mass is 10.1. The predicted octanol–water partition coefficient (Wildman–Crippen LogP) is 4.27. The van der Waals surface area contributed by atoms with Crippen LogP contribution in [0.1, 0.15) is 43.9 Å². The van der Waals surface area contributed by atoms with Gasteiger partial charge in [-0.05, 0) is 61.1 Å². The van der Waals surface area contributed by atoms with E-state index in [-0.39, 0.29) is 18.4 Å². The van der Waals surface area contributed by atoms with Crippen LogP contribution in [0.4, 0.5) is 0 Å². The zero-order valence-corrected chi connectivity index (χ0v) is 20.1. The average Bonchev–Trinajstić information content (AvgIpc) is 2.78. The van der Waals surface area contributed by atoms with Crippen LogP contribution in [0.25, 0.3) is 0 Å². The summed E-state index contributed by atoms with van der Waals surface area (Å²) in [5.41, 5.74) is 2.94. The Hall–Kier alpha value is -3.02. The molecule has 0 aliphatic heterocycles. The number of ether oxygens (including phenoxy) is 2. The summed E-state index contributed by atoms with van der Waals surface area (Å²) in [5.74, 6) is 1.38. The molecule has 2 rings (SSSR count). The van der Waals surface area contributed by atoms with Gasteiger partial charge in [-0.25, -0.2) is 0 Å². The lowest BCUT2D eigenvalue weighted by Gasteiger charge is -2.31. The molecule has 0 bridgehead atoms. The van der Waals surface area contributed by atoms with Gasteiger partial charge < -0.3 is 19.7 Å². The molecule has 2 aromatic rings. The zero-order valence-electron chi connectivity index (χ0n) is 20.1. The van der Waals surface area contributed by atoms with E-state index in [0.29, 0.717) is 31.2 Å². The second-order valence-electron chi connectivity index (χ2n) is 8.49. The van der Waals surface area contributed by atoms with Crippen molar-refractivity contribution in [2.45, 2.75) is 53.6 Å². The van der Waals surface area contributed by atoms with E-state index in [1.807, 2.05) is 77.1 Å². The van der Waals surface area contributed by atoms with Gasteiger partial charge in [-0.2, -0.15) is 0 Å². The molecule has 1 atom stereocenters. The molecule has 0 saturated heterocycles. The SMILES string of the molecule is CCC(C(=O)NCC(C)C)N(Cc1ccc(OC)cc1)C(=O)COc1cc(C)ccc1C. The number of aryl methyl sites for hydroxylation is 2. The van der Waals surface area contributed by atoms with Crippen LogP contribution in [-0.4, -0.2) is 43.0 Å². The lowest BCUT2D eigenvalue weighted by Crippen LogP contribution is -2.50. The Bertz CT molecular complexity index is 893. The van der Waals surface area contributed by atoms with Gasteiger partial charge >= 0.3 is 0 Å². The van der Waals surface area contributed by atoms with Gasteiger partial charge in [0.2, 0.25) is 5.91 Å². The third-order valence-electron chi connectivity index (χ3n) is 5.28. The van der Waals surface area contributed by atoms with Crippen LogP contribution < -0.4 is 14.8 Å². The Balaban J connectivity index is 2.22. The quantitative estimate of drug-likeness (QED) is 0.567. The molecule has 0 fully saturated rings. The highest BCUT2D eigenvalue weighted by Gasteiger charge is 2.29. The molecule has 6 nitrogen and oxygen atoms in total. The van der Waals surface area contributed by atoms with E-state index in [2.05, 4.69) is 5.32 Å². The standard InChI is InChI=1S/C26H36N2O4/c1-7-23(26(30)27-15-18(2)3)28(16-21-10-12-22(31-6)13-11-21)25(29)17-32-24-14-19(4)8-9-20(24)5/h8-14,18,23H,7,15-17H2,1-6H3,(H,27,30). The Kier molecular flexibility index (Phi) is 9.57. The minimum Gasteiger partial charge on any atom is -0.497 e. The molecule has 2 amide bonds. The maximum Gasteiger partial charge on any atom is 0.261 e. The smallest absolute Gasteiger partial charge is 0.261 e. The molecule has 0 radical (unpaired) electrons. The van der Waals surface area contributed by atoms with Crippen molar-refractivity contribution in [3.63, 3.8) is 0 Å². The Morgan fingerprint density at radius 1 is 1.06 bits per heavy atom. The first kappa shape index (κ1) is 25.2. The summed E-state index contributed by atoms with van der Waals surface area (Å²) in [7, 11) is 1.61. The summed E-state index contributed by atoms with van der Waals surface area (Å²) < 4.78 is 11.1. The van der Waals surface area contributed by atoms with Crippen molar-refractivity contribution in [2.75, 3.05) is 20.3 Å². The molecule has 0 aliphatic rings. The van der Waals surface area contributed by atoms with Gasteiger partial charge in [0, 0.05) is 13.1 Å². The minimum absolute atomic E-state index is 0.131. The van der Waals surface area contributed by atoms with Crippen molar-refractivity contribution >= 4 is 11.8 Å². The second-order valence-corrected chi connectivity index (χ2v) is 8.49. The third-order valence-corrected chi connectivity index (χ3v) is 5.28. The highest BCUT2D eigenvalue weighted by Crippen LogP contribution is 2.20. The first-order valence-corrected chi connectivity index (χ1v) is 11.1. The number of nitrogens with one attached hydrogen (secondary N) is 1. The molecule has 0 aliphatic carbocycles. The molecular weight excluding hydrogens is 404 g/mol. The minimum atomic E-state index is -0.578. The van der Waals surface area contributed by atoms with Crippen molar-refractivity contribution in [1.82, 2.24) is 10.2 Å². The molecule has 1 unspecified atom stereocenters. The first-order chi connectivity index (χ1) is 15.2. The van der Waals surface area contributed by atoms with Gasteiger partial charge in [0.15, 0.2) is 6.61 Å². The van der Waals surface area contributed by atoms with Crippen molar-refractivity contribution in [1.29, 1.82) is 0 Å². The third kappa shape index (κ3) is 7.29. The predicted molar refractivity (Wildman–Crippen MR) is 127 cm³/mol. The number of amides is 2. The number of carbonyl (C=O) groups excluding carboxylic acids is 2. The summed E-state index contributed by atoms with van der Waals surface area (Å²) in [5, 5.41) is 2.97. The zero-order chi connectivity index (χ0) is 23.7. The maximum absolute atomic E-state index is 13.3. The van der Waals surface area contributed by atoms with E-state index in [9.17, 15) is 9.59 Å². The number of benzene rings is 2. The Labute approximate surface area is 191 Å². The van der Waals surface area contributed by atoms with Crippen LogP contribution in [0.3, 0.4) is 0 Å². The van der Waals surface area contributed by atoms with Gasteiger partial charge in [-0.3, -0.25) is 9.59 Å². The van der Waals surface area contributed by atoms with E-state index in [4.69, 9.17) is 9.47 Å². The molecule has 0 aromatic heterocycles. The average molecular weight is 441 g/mol. The Morgan fingerprint density at radius 2 is 1.75 bits per heavy atom. The number of methoxy groups -OCH3 is 1. The fourth-order valence-electron chi connectivity index (χ4n) is 3.35. The van der Waals surface area contributed by atoms with Gasteiger partial charge in [0.05, 0.1) is 7.11 Å². The monoisotopic (exact) mass is 440 g/mol. The van der Waals surface area contributed by atoms with Crippen molar-refractivity contribution < 1.29 is 19.1 Å². The largest absolute Gasteiger partial charge is 0.497 e. The fraction of sp³-hybridized carbons (Fsp3) is 0.462. The lowest BCUT2D eigenvalue weighted by molar-refractivity contribution is -0.143. The van der Waals surface area contributed by atoms with Crippen LogP contribution in [-0.2, 0) is 16.1 Å². The van der Waals surface area contributed by atoms with Gasteiger partial charge in [-0.15, -0.1) is 0 Å². The van der Waals surface area contributed by atoms with Crippen LogP contribution in [0.2, 0.25) is 0 Å². The van der Waals surface area contributed by atoms with Crippen molar-refractivity contribution in [2.24, 2.45) is 5.92 Å². The molecule has 1 N–H and O–H groups in total. The van der Waals surface area contributed by atoms with E-state index in [1.165, 1.54) is 0 Å². The van der Waals surface area contributed by atoms with Crippen LogP contribution in [0.15, 0.2) is 42.5 Å². The molecule has 32 heavy (non-hydrogen) atoms. The highest BCUT2D eigenvalue weighted by atomic mass is 16.5. The topological polar surface area (TPSA) is 67.9 Å². The first-order valence-electron chi connectivity index (χ1n) is 11.1. The molecular formula is C26H36N2O4. The number of nitrogens with zero attached hydrogens (tertiary/aromatic N) is 1. The van der Waals surface area contributed by atoms with E-state index >= 15 is 0 Å². The molecule has 0 saturated carbocycles. The van der Waals surface area contributed by atoms with Crippen molar-refractivity contribution in [3.05, 3.63) is 59.2 Å². The van der Waals surface area contributed by atoms with E-state index < -0.39 is 6.04 Å². The van der Waals surface area contributed by atoms with Crippen LogP contribution >= 0.6 is 0 Å². The van der Waals surface area contributed by atoms with Gasteiger partial charge in [0.1, 0.15) is 17.5 Å². The molecule has 2 aromatic carbocycles. The normalized spacial score (nSPS) is 11.7. The van der Waals surface area contributed by atoms with E-state index in [0.717, 1.165) is 22.4 Å². The molecule has 174 valence electrons.